The van der Waals surface area contributed by atoms with Gasteiger partial charge in [-0.1, -0.05) is 6.07 Å². The van der Waals surface area contributed by atoms with Crippen molar-refractivity contribution >= 4 is 11.9 Å². The fraction of sp³-hybridized carbons (Fsp3) is 0.393. The zero-order valence-electron chi connectivity index (χ0n) is 22.5. The smallest absolute Gasteiger partial charge is 0.387 e. The number of nitrogens with zero attached hydrogens (tertiary/aromatic N) is 1. The third-order valence-electron chi connectivity index (χ3n) is 6.00. The van der Waals surface area contributed by atoms with Crippen molar-refractivity contribution in [3.63, 3.8) is 0 Å². The Labute approximate surface area is 233 Å². The molecule has 1 unspecified atom stereocenters. The van der Waals surface area contributed by atoms with Gasteiger partial charge in [-0.15, -0.1) is 0 Å². The predicted molar refractivity (Wildman–Crippen MR) is 137 cm³/mol. The third kappa shape index (κ3) is 7.54. The van der Waals surface area contributed by atoms with E-state index in [2.05, 4.69) is 15.0 Å². The van der Waals surface area contributed by atoms with E-state index in [1.54, 1.807) is 13.8 Å². The number of carbonyl (C=O) groups excluding carboxylic acids is 2. The summed E-state index contributed by atoms with van der Waals surface area (Å²) in [7, 11) is 0. The summed E-state index contributed by atoms with van der Waals surface area (Å²) < 4.78 is 75.2. The average molecular weight is 580 g/mol. The summed E-state index contributed by atoms with van der Waals surface area (Å²) in [4.78, 5) is 30.4. The van der Waals surface area contributed by atoms with Crippen LogP contribution in [0.5, 0.6) is 11.5 Å². The number of rotatable bonds is 12. The molecule has 0 saturated heterocycles. The molecular formula is C28H29F4N3O6. The van der Waals surface area contributed by atoms with Gasteiger partial charge in [0.25, 0.3) is 5.91 Å². The molecule has 1 aliphatic rings. The number of nitrogens with two attached hydrogens (primary N) is 1. The van der Waals surface area contributed by atoms with Gasteiger partial charge in [0.15, 0.2) is 29.0 Å². The Morgan fingerprint density at radius 3 is 2.44 bits per heavy atom. The number of alkyl halides is 2. The molecular weight excluding hydrogens is 550 g/mol. The summed E-state index contributed by atoms with van der Waals surface area (Å²) in [6.07, 6.45) is 1.33. The quantitative estimate of drug-likeness (QED) is 0.214. The van der Waals surface area contributed by atoms with E-state index < -0.39 is 48.3 Å². The van der Waals surface area contributed by atoms with Crippen LogP contribution in [0.4, 0.5) is 17.6 Å². The number of hydrogen-bond donors (Lipinski definition) is 2. The first kappa shape index (κ1) is 29.8. The molecule has 1 heterocycles. The summed E-state index contributed by atoms with van der Waals surface area (Å²) in [6, 6.07) is 4.05. The summed E-state index contributed by atoms with van der Waals surface area (Å²) >= 11 is 0. The van der Waals surface area contributed by atoms with Gasteiger partial charge in [0.2, 0.25) is 5.89 Å². The van der Waals surface area contributed by atoms with Gasteiger partial charge in [0.05, 0.1) is 18.8 Å². The van der Waals surface area contributed by atoms with E-state index in [4.69, 9.17) is 19.6 Å². The number of halogens is 4. The molecule has 4 rings (SSSR count). The van der Waals surface area contributed by atoms with Gasteiger partial charge < -0.3 is 29.7 Å². The molecule has 220 valence electrons. The maximum atomic E-state index is 14.6. The van der Waals surface area contributed by atoms with E-state index in [0.29, 0.717) is 18.6 Å². The van der Waals surface area contributed by atoms with Crippen molar-refractivity contribution in [1.29, 1.82) is 0 Å². The number of ether oxygens (including phenoxy) is 3. The molecule has 13 heteroatoms. The van der Waals surface area contributed by atoms with Crippen molar-refractivity contribution < 1.29 is 45.8 Å². The average Bonchev–Trinajstić information content (AvgIpc) is 3.61. The van der Waals surface area contributed by atoms with Crippen molar-refractivity contribution in [2.75, 3.05) is 6.61 Å². The summed E-state index contributed by atoms with van der Waals surface area (Å²) in [5.74, 6) is -3.90. The van der Waals surface area contributed by atoms with Gasteiger partial charge in [0.1, 0.15) is 11.6 Å². The molecule has 3 N–H and O–H groups in total. The Morgan fingerprint density at radius 2 is 1.83 bits per heavy atom. The van der Waals surface area contributed by atoms with Gasteiger partial charge in [-0.3, -0.25) is 4.79 Å². The lowest BCUT2D eigenvalue weighted by Gasteiger charge is -2.20. The van der Waals surface area contributed by atoms with Crippen molar-refractivity contribution in [1.82, 2.24) is 10.3 Å². The molecule has 0 radical (unpaired) electrons. The monoisotopic (exact) mass is 579 g/mol. The minimum absolute atomic E-state index is 0.0320. The highest BCUT2D eigenvalue weighted by Gasteiger charge is 2.32. The zero-order valence-corrected chi connectivity index (χ0v) is 22.5. The van der Waals surface area contributed by atoms with Gasteiger partial charge in [-0.25, -0.2) is 18.6 Å². The number of carbonyl (C=O) groups is 2. The number of nitrogens with one attached hydrogen (secondary N) is 1. The first-order valence-corrected chi connectivity index (χ1v) is 12.9. The van der Waals surface area contributed by atoms with E-state index in [9.17, 15) is 27.2 Å². The molecule has 1 saturated carbocycles. The normalized spacial score (nSPS) is 14.6. The molecule has 41 heavy (non-hydrogen) atoms. The number of esters is 1. The van der Waals surface area contributed by atoms with E-state index in [1.165, 1.54) is 25.1 Å². The molecule has 3 aromatic rings. The van der Waals surface area contributed by atoms with Gasteiger partial charge >= 0.3 is 12.6 Å². The van der Waals surface area contributed by atoms with Gasteiger partial charge in [0, 0.05) is 17.2 Å². The predicted octanol–water partition coefficient (Wildman–Crippen LogP) is 5.45. The topological polar surface area (TPSA) is 126 Å². The summed E-state index contributed by atoms with van der Waals surface area (Å²) in [5, 5.41) is 2.37. The number of aromatic nitrogens is 1. The standard InChI is InChI=1S/C28H29F4N3O6/c1-13(2)39-27(37)22(18-8-7-17(29)11-19(18)30)34-25(36)23-24(14(3)33)41-26(35-23)16-6-9-20(40-28(31)32)21(10-16)38-12-15-4-5-15/h6-11,13-15,22,28H,4-5,12,33H2,1-3H3,(H,34,36)/t14-,22?/m0/s1. The van der Waals surface area contributed by atoms with Crippen LogP contribution in [0.1, 0.15) is 67.5 Å². The summed E-state index contributed by atoms with van der Waals surface area (Å²) in [5.41, 5.74) is 5.63. The van der Waals surface area contributed by atoms with E-state index >= 15 is 0 Å². The first-order valence-electron chi connectivity index (χ1n) is 12.9. The fourth-order valence-corrected chi connectivity index (χ4v) is 3.87. The van der Waals surface area contributed by atoms with Crippen molar-refractivity contribution in [3.8, 4) is 23.0 Å². The van der Waals surface area contributed by atoms with Gasteiger partial charge in [-0.05, 0) is 63.8 Å². The summed E-state index contributed by atoms with van der Waals surface area (Å²) in [6.45, 7) is 1.88. The Hall–Kier alpha value is -4.13. The Balaban J connectivity index is 1.67. The van der Waals surface area contributed by atoms with E-state index in [1.807, 2.05) is 0 Å². The Bertz CT molecular complexity index is 1410. The SMILES string of the molecule is CC(C)OC(=O)C(NC(=O)c1nc(-c2ccc(OC(F)F)c(OCC3CC3)c2)oc1[C@H](C)N)c1ccc(F)cc1F. The molecule has 2 atom stereocenters. The molecule has 1 amide bonds. The van der Waals surface area contributed by atoms with Crippen LogP contribution in [0.25, 0.3) is 11.5 Å². The lowest BCUT2D eigenvalue weighted by atomic mass is 10.1. The van der Waals surface area contributed by atoms with Crippen LogP contribution in [0.3, 0.4) is 0 Å². The molecule has 0 bridgehead atoms. The largest absolute Gasteiger partial charge is 0.489 e. The van der Waals surface area contributed by atoms with Crippen LogP contribution in [0.2, 0.25) is 0 Å². The first-order chi connectivity index (χ1) is 19.4. The third-order valence-corrected chi connectivity index (χ3v) is 6.00. The molecule has 2 aromatic carbocycles. The number of benzene rings is 2. The van der Waals surface area contributed by atoms with Crippen molar-refractivity contribution in [2.24, 2.45) is 11.7 Å². The maximum absolute atomic E-state index is 14.6. The van der Waals surface area contributed by atoms with Crippen LogP contribution in [0.15, 0.2) is 40.8 Å². The highest BCUT2D eigenvalue weighted by Crippen LogP contribution is 2.37. The second-order valence-corrected chi connectivity index (χ2v) is 9.87. The van der Waals surface area contributed by atoms with Crippen LogP contribution in [-0.2, 0) is 9.53 Å². The Kier molecular flexibility index (Phi) is 9.16. The van der Waals surface area contributed by atoms with Crippen molar-refractivity contribution in [2.45, 2.75) is 58.4 Å². The lowest BCUT2D eigenvalue weighted by Crippen LogP contribution is -2.37. The number of amides is 1. The van der Waals surface area contributed by atoms with Gasteiger partial charge in [-0.2, -0.15) is 8.78 Å². The zero-order chi connectivity index (χ0) is 29.8. The fourth-order valence-electron chi connectivity index (χ4n) is 3.87. The van der Waals surface area contributed by atoms with Crippen LogP contribution in [-0.4, -0.2) is 36.2 Å². The highest BCUT2D eigenvalue weighted by atomic mass is 19.3. The molecule has 9 nitrogen and oxygen atoms in total. The molecule has 0 aliphatic heterocycles. The number of hydrogen-bond acceptors (Lipinski definition) is 8. The van der Waals surface area contributed by atoms with Crippen LogP contribution in [0, 0.1) is 17.6 Å². The molecule has 1 aromatic heterocycles. The van der Waals surface area contributed by atoms with Crippen molar-refractivity contribution in [3.05, 3.63) is 65.1 Å². The Morgan fingerprint density at radius 1 is 1.10 bits per heavy atom. The number of oxazole rings is 1. The lowest BCUT2D eigenvalue weighted by molar-refractivity contribution is -0.150. The maximum Gasteiger partial charge on any atom is 0.387 e. The van der Waals surface area contributed by atoms with E-state index in [-0.39, 0.29) is 40.0 Å². The van der Waals surface area contributed by atoms with Crippen LogP contribution >= 0.6 is 0 Å². The second kappa shape index (κ2) is 12.6. The second-order valence-electron chi connectivity index (χ2n) is 9.87. The molecule has 1 fully saturated rings. The molecule has 1 aliphatic carbocycles. The van der Waals surface area contributed by atoms with Crippen LogP contribution < -0.4 is 20.5 Å². The minimum Gasteiger partial charge on any atom is -0.489 e. The minimum atomic E-state index is -3.08. The molecule has 0 spiro atoms. The highest BCUT2D eigenvalue weighted by molar-refractivity contribution is 5.97. The van der Waals surface area contributed by atoms with E-state index in [0.717, 1.165) is 25.0 Å².